The standard InChI is InChI=1S/C14H11N5O3/c15-12-5-16-4-11(18-12)13(20)17-10-2-1-8-6-19(14(21)22)7-9(8)3-10/h1-7H,(H2,15,18)(H,17,20)(H,21,22). The van der Waals surface area contributed by atoms with Crippen molar-refractivity contribution in [3.05, 3.63) is 48.7 Å². The lowest BCUT2D eigenvalue weighted by molar-refractivity contribution is 0.102. The quantitative estimate of drug-likeness (QED) is 0.662. The van der Waals surface area contributed by atoms with Crippen molar-refractivity contribution < 1.29 is 14.7 Å². The van der Waals surface area contributed by atoms with Crippen LogP contribution in [-0.4, -0.2) is 31.6 Å². The number of hydrogen-bond donors (Lipinski definition) is 3. The molecule has 3 rings (SSSR count). The molecule has 0 aliphatic carbocycles. The van der Waals surface area contributed by atoms with Crippen molar-refractivity contribution in [1.82, 2.24) is 14.5 Å². The van der Waals surface area contributed by atoms with Crippen LogP contribution < -0.4 is 11.1 Å². The summed E-state index contributed by atoms with van der Waals surface area (Å²) in [6.45, 7) is 0. The maximum atomic E-state index is 12.0. The monoisotopic (exact) mass is 297 g/mol. The van der Waals surface area contributed by atoms with Crippen LogP contribution in [-0.2, 0) is 0 Å². The summed E-state index contributed by atoms with van der Waals surface area (Å²) in [4.78, 5) is 30.6. The lowest BCUT2D eigenvalue weighted by Crippen LogP contribution is -2.14. The van der Waals surface area contributed by atoms with Gasteiger partial charge in [-0.25, -0.2) is 9.78 Å². The Hall–Kier alpha value is -3.42. The average Bonchev–Trinajstić information content (AvgIpc) is 2.90. The van der Waals surface area contributed by atoms with E-state index in [1.807, 2.05) is 0 Å². The van der Waals surface area contributed by atoms with Crippen molar-refractivity contribution in [2.24, 2.45) is 0 Å². The molecule has 0 aliphatic rings. The van der Waals surface area contributed by atoms with Crippen LogP contribution in [0.1, 0.15) is 10.5 Å². The van der Waals surface area contributed by atoms with Crippen LogP contribution in [0, 0.1) is 0 Å². The minimum Gasteiger partial charge on any atom is -0.464 e. The number of nitrogens with one attached hydrogen (secondary N) is 1. The molecular weight excluding hydrogens is 286 g/mol. The third-order valence-corrected chi connectivity index (χ3v) is 3.01. The molecule has 0 saturated carbocycles. The molecule has 8 heteroatoms. The zero-order valence-corrected chi connectivity index (χ0v) is 11.2. The predicted molar refractivity (Wildman–Crippen MR) is 79.8 cm³/mol. The highest BCUT2D eigenvalue weighted by Gasteiger charge is 2.10. The zero-order chi connectivity index (χ0) is 15.7. The SMILES string of the molecule is Nc1cncc(C(=O)Nc2ccc3cn(C(=O)O)cc3c2)n1. The Balaban J connectivity index is 1.87. The highest BCUT2D eigenvalue weighted by atomic mass is 16.4. The number of carbonyl (C=O) groups excluding carboxylic acids is 1. The van der Waals surface area contributed by atoms with Crippen molar-refractivity contribution in [2.45, 2.75) is 0 Å². The van der Waals surface area contributed by atoms with Crippen LogP contribution in [0.3, 0.4) is 0 Å². The number of nitrogens with two attached hydrogens (primary N) is 1. The lowest BCUT2D eigenvalue weighted by Gasteiger charge is -2.04. The van der Waals surface area contributed by atoms with Gasteiger partial charge in [0.05, 0.1) is 12.4 Å². The predicted octanol–water partition coefficient (Wildman–Crippen LogP) is 1.79. The van der Waals surface area contributed by atoms with Crippen molar-refractivity contribution >= 4 is 34.3 Å². The number of rotatable bonds is 2. The van der Waals surface area contributed by atoms with Crippen LogP contribution in [0.25, 0.3) is 10.8 Å². The fourth-order valence-corrected chi connectivity index (χ4v) is 2.01. The second-order valence-electron chi connectivity index (χ2n) is 4.58. The molecule has 8 nitrogen and oxygen atoms in total. The lowest BCUT2D eigenvalue weighted by atomic mass is 10.2. The van der Waals surface area contributed by atoms with Gasteiger partial charge in [0.25, 0.3) is 5.91 Å². The Morgan fingerprint density at radius 3 is 2.68 bits per heavy atom. The van der Waals surface area contributed by atoms with Gasteiger partial charge in [0.2, 0.25) is 0 Å². The summed E-state index contributed by atoms with van der Waals surface area (Å²) >= 11 is 0. The minimum atomic E-state index is -1.07. The molecule has 0 radical (unpaired) electrons. The number of nitrogens with zero attached hydrogens (tertiary/aromatic N) is 3. The van der Waals surface area contributed by atoms with Gasteiger partial charge in [0.1, 0.15) is 11.5 Å². The number of fused-ring (bicyclic) bond motifs is 1. The van der Waals surface area contributed by atoms with E-state index in [-0.39, 0.29) is 11.5 Å². The number of hydrogen-bond acceptors (Lipinski definition) is 5. The second-order valence-corrected chi connectivity index (χ2v) is 4.58. The molecule has 2 heterocycles. The molecule has 2 aromatic heterocycles. The molecule has 110 valence electrons. The first-order valence-electron chi connectivity index (χ1n) is 6.27. The van der Waals surface area contributed by atoms with Gasteiger partial charge >= 0.3 is 6.09 Å². The fourth-order valence-electron chi connectivity index (χ4n) is 2.01. The smallest absolute Gasteiger partial charge is 0.415 e. The third kappa shape index (κ3) is 2.57. The van der Waals surface area contributed by atoms with E-state index in [1.54, 1.807) is 18.2 Å². The average molecular weight is 297 g/mol. The van der Waals surface area contributed by atoms with E-state index in [1.165, 1.54) is 24.8 Å². The molecule has 0 saturated heterocycles. The normalized spacial score (nSPS) is 10.5. The summed E-state index contributed by atoms with van der Waals surface area (Å²) in [6.07, 6.45) is 4.54. The number of carbonyl (C=O) groups is 2. The van der Waals surface area contributed by atoms with E-state index in [4.69, 9.17) is 10.8 Å². The first-order valence-corrected chi connectivity index (χ1v) is 6.27. The van der Waals surface area contributed by atoms with E-state index < -0.39 is 12.0 Å². The van der Waals surface area contributed by atoms with E-state index in [0.717, 1.165) is 9.95 Å². The first kappa shape index (κ1) is 13.6. The third-order valence-electron chi connectivity index (χ3n) is 3.01. The van der Waals surface area contributed by atoms with Crippen LogP contribution >= 0.6 is 0 Å². The molecule has 0 aliphatic heterocycles. The van der Waals surface area contributed by atoms with Gasteiger partial charge in [-0.1, -0.05) is 6.07 Å². The molecule has 1 amide bonds. The van der Waals surface area contributed by atoms with Crippen molar-refractivity contribution in [1.29, 1.82) is 0 Å². The van der Waals surface area contributed by atoms with E-state index in [0.29, 0.717) is 11.1 Å². The largest absolute Gasteiger partial charge is 0.464 e. The van der Waals surface area contributed by atoms with Crippen LogP contribution in [0.4, 0.5) is 16.3 Å². The van der Waals surface area contributed by atoms with Gasteiger partial charge in [-0.05, 0) is 12.1 Å². The van der Waals surface area contributed by atoms with E-state index in [2.05, 4.69) is 15.3 Å². The fraction of sp³-hybridized carbons (Fsp3) is 0. The molecular formula is C14H11N5O3. The highest BCUT2D eigenvalue weighted by molar-refractivity contribution is 6.04. The van der Waals surface area contributed by atoms with Crippen LogP contribution in [0.2, 0.25) is 0 Å². The highest BCUT2D eigenvalue weighted by Crippen LogP contribution is 2.20. The van der Waals surface area contributed by atoms with Gasteiger partial charge in [-0.15, -0.1) is 0 Å². The van der Waals surface area contributed by atoms with Gasteiger partial charge in [-0.2, -0.15) is 0 Å². The number of benzene rings is 1. The number of carboxylic acid groups (broad SMARTS) is 1. The van der Waals surface area contributed by atoms with Gasteiger partial charge < -0.3 is 16.2 Å². The molecule has 0 bridgehead atoms. The Kier molecular flexibility index (Phi) is 3.18. The molecule has 3 aromatic rings. The summed E-state index contributed by atoms with van der Waals surface area (Å²) in [7, 11) is 0. The van der Waals surface area contributed by atoms with Gasteiger partial charge in [-0.3, -0.25) is 14.3 Å². The Bertz CT molecular complexity index is 887. The number of aromatic nitrogens is 3. The minimum absolute atomic E-state index is 0.100. The molecule has 22 heavy (non-hydrogen) atoms. The topological polar surface area (TPSA) is 123 Å². The molecule has 0 unspecified atom stereocenters. The molecule has 4 N–H and O–H groups in total. The summed E-state index contributed by atoms with van der Waals surface area (Å²) in [5.41, 5.74) is 6.10. The summed E-state index contributed by atoms with van der Waals surface area (Å²) < 4.78 is 1.06. The molecule has 1 aromatic carbocycles. The van der Waals surface area contributed by atoms with E-state index in [9.17, 15) is 9.59 Å². The molecule has 0 fully saturated rings. The first-order chi connectivity index (χ1) is 10.5. The Morgan fingerprint density at radius 1 is 1.18 bits per heavy atom. The maximum absolute atomic E-state index is 12.0. The zero-order valence-electron chi connectivity index (χ0n) is 11.2. The Labute approximate surface area is 124 Å². The summed E-state index contributed by atoms with van der Waals surface area (Å²) in [6, 6.07) is 5.06. The van der Waals surface area contributed by atoms with Crippen molar-refractivity contribution in [2.75, 3.05) is 11.1 Å². The van der Waals surface area contributed by atoms with E-state index >= 15 is 0 Å². The van der Waals surface area contributed by atoms with Crippen molar-refractivity contribution in [3.63, 3.8) is 0 Å². The molecule has 0 spiro atoms. The van der Waals surface area contributed by atoms with Crippen LogP contribution in [0.5, 0.6) is 0 Å². The summed E-state index contributed by atoms with van der Waals surface area (Å²) in [5.74, 6) is -0.293. The number of anilines is 2. The molecule has 0 atom stereocenters. The van der Waals surface area contributed by atoms with Gasteiger partial charge in [0.15, 0.2) is 0 Å². The summed E-state index contributed by atoms with van der Waals surface area (Å²) in [5, 5.41) is 13.1. The Morgan fingerprint density at radius 2 is 1.95 bits per heavy atom. The maximum Gasteiger partial charge on any atom is 0.415 e. The number of amides is 1. The van der Waals surface area contributed by atoms with Crippen LogP contribution in [0.15, 0.2) is 43.0 Å². The van der Waals surface area contributed by atoms with Crippen molar-refractivity contribution in [3.8, 4) is 0 Å². The number of nitrogen functional groups attached to an aromatic ring is 1. The second kappa shape index (κ2) is 5.17. The van der Waals surface area contributed by atoms with Gasteiger partial charge in [0, 0.05) is 28.9 Å².